The van der Waals surface area contributed by atoms with Gasteiger partial charge in [0, 0.05) is 87.1 Å². The van der Waals surface area contributed by atoms with Crippen LogP contribution in [0.4, 0.5) is 18.9 Å². The lowest BCUT2D eigenvalue weighted by atomic mass is 9.43. The molecule has 3 aliphatic heterocycles. The molecule has 4 aliphatic rings. The van der Waals surface area contributed by atoms with Crippen LogP contribution in [0.2, 0.25) is 5.02 Å². The molecule has 3 aromatic rings. The predicted octanol–water partition coefficient (Wildman–Crippen LogP) is 6.56. The molecule has 1 aliphatic carbocycles. The number of nitrogens with one attached hydrogen (secondary N) is 1. The van der Waals surface area contributed by atoms with Gasteiger partial charge in [0.15, 0.2) is 0 Å². The predicted molar refractivity (Wildman–Crippen MR) is 216 cm³/mol. The van der Waals surface area contributed by atoms with Crippen molar-refractivity contribution in [2.75, 3.05) is 63.0 Å². The van der Waals surface area contributed by atoms with Crippen LogP contribution in [0.3, 0.4) is 0 Å². The van der Waals surface area contributed by atoms with E-state index in [0.29, 0.717) is 53.1 Å². The molecule has 16 heteroatoms. The number of anilines is 1. The summed E-state index contributed by atoms with van der Waals surface area (Å²) in [5.74, 6) is 0.952. The number of benzene rings is 2. The zero-order valence-corrected chi connectivity index (χ0v) is 34.8. The lowest BCUT2D eigenvalue weighted by Gasteiger charge is -2.67. The number of alkyl halides is 3. The van der Waals surface area contributed by atoms with E-state index in [1.54, 1.807) is 35.2 Å². The van der Waals surface area contributed by atoms with E-state index >= 15 is 0 Å². The molecule has 1 N–H and O–H groups in total. The summed E-state index contributed by atoms with van der Waals surface area (Å²) in [5.41, 5.74) is 3.14. The van der Waals surface area contributed by atoms with Crippen molar-refractivity contribution in [1.82, 2.24) is 24.6 Å². The first-order valence-electron chi connectivity index (χ1n) is 19.8. The number of rotatable bonds is 11. The van der Waals surface area contributed by atoms with Gasteiger partial charge in [0.05, 0.1) is 33.8 Å². The first kappa shape index (κ1) is 42.2. The highest BCUT2D eigenvalue weighted by molar-refractivity contribution is 7.89. The molecule has 1 aromatic heterocycles. The van der Waals surface area contributed by atoms with Crippen LogP contribution in [-0.2, 0) is 16.2 Å². The van der Waals surface area contributed by atoms with Crippen LogP contribution in [0.15, 0.2) is 67.0 Å². The van der Waals surface area contributed by atoms with E-state index in [4.69, 9.17) is 16.3 Å². The van der Waals surface area contributed by atoms with Gasteiger partial charge in [-0.3, -0.25) is 15.2 Å². The lowest BCUT2D eigenvalue weighted by Crippen LogP contribution is -2.73. The van der Waals surface area contributed by atoms with Crippen LogP contribution in [0.5, 0.6) is 5.75 Å². The highest BCUT2D eigenvalue weighted by atomic mass is 35.5. The Morgan fingerprint density at radius 1 is 0.983 bits per heavy atom. The fourth-order valence-corrected chi connectivity index (χ4v) is 12.3. The largest absolute Gasteiger partial charge is 0.489 e. The minimum Gasteiger partial charge on any atom is -0.489 e. The quantitative estimate of drug-likeness (QED) is 0.229. The van der Waals surface area contributed by atoms with E-state index in [9.17, 15) is 31.6 Å². The molecule has 58 heavy (non-hydrogen) atoms. The molecule has 4 heterocycles. The molecule has 0 bridgehead atoms. The minimum atomic E-state index is -4.50. The molecule has 4 fully saturated rings. The minimum absolute atomic E-state index is 0.00338. The topological polar surface area (TPSA) is 122 Å². The highest BCUT2D eigenvalue weighted by Crippen LogP contribution is 2.63. The van der Waals surface area contributed by atoms with Crippen molar-refractivity contribution in [3.8, 4) is 11.8 Å². The fourth-order valence-electron chi connectivity index (χ4n) is 10.4. The summed E-state index contributed by atoms with van der Waals surface area (Å²) in [5, 5.41) is 11.8. The van der Waals surface area contributed by atoms with Crippen LogP contribution >= 0.6 is 11.6 Å². The molecular weight excluding hydrogens is 791 g/mol. The maximum Gasteiger partial charge on any atom is 0.417 e. The highest BCUT2D eigenvalue weighted by Gasteiger charge is 2.66. The number of likely N-dealkylation sites (tertiary alicyclic amines) is 1. The van der Waals surface area contributed by atoms with Gasteiger partial charge in [0.2, 0.25) is 10.0 Å². The van der Waals surface area contributed by atoms with E-state index in [1.165, 1.54) is 10.5 Å². The molecule has 312 valence electrons. The number of nitriles is 1. The summed E-state index contributed by atoms with van der Waals surface area (Å²) in [7, 11) is -3.55. The SMILES string of the molecule is CC1(C)C(Oc2ccc(C#N)c(Cl)c2)C(C)(C)C1[C@H]1C[C@H](CN2CC(CS(=O)(=O)N3CCN(c4cncc(C(F)(F)F)c4)CC3)C2)CCN1NC(=O)c1ccccc1. The first-order chi connectivity index (χ1) is 27.4. The Morgan fingerprint density at radius 3 is 2.31 bits per heavy atom. The molecule has 3 saturated heterocycles. The van der Waals surface area contributed by atoms with Gasteiger partial charge in [-0.25, -0.2) is 13.4 Å². The molecule has 0 radical (unpaired) electrons. The van der Waals surface area contributed by atoms with Gasteiger partial charge in [0.25, 0.3) is 5.91 Å². The molecule has 0 spiro atoms. The van der Waals surface area contributed by atoms with Crippen molar-refractivity contribution in [2.45, 2.75) is 58.9 Å². The van der Waals surface area contributed by atoms with Crippen LogP contribution in [-0.4, -0.2) is 104 Å². The number of aromatic nitrogens is 1. The number of carbonyl (C=O) groups excluding carboxylic acids is 1. The number of sulfonamides is 1. The number of ether oxygens (including phenoxy) is 1. The summed E-state index contributed by atoms with van der Waals surface area (Å²) in [4.78, 5) is 21.3. The Hall–Kier alpha value is -3.94. The van der Waals surface area contributed by atoms with E-state index in [1.807, 2.05) is 18.2 Å². The van der Waals surface area contributed by atoms with Gasteiger partial charge in [-0.1, -0.05) is 57.5 Å². The maximum absolute atomic E-state index is 13.5. The van der Waals surface area contributed by atoms with Gasteiger partial charge in [-0.15, -0.1) is 0 Å². The number of pyridine rings is 1. The van der Waals surface area contributed by atoms with Gasteiger partial charge in [0.1, 0.15) is 17.9 Å². The molecule has 11 nitrogen and oxygen atoms in total. The second kappa shape index (κ2) is 16.3. The van der Waals surface area contributed by atoms with Crippen LogP contribution in [0.1, 0.15) is 62.0 Å². The molecule has 0 unspecified atom stereocenters. The lowest BCUT2D eigenvalue weighted by molar-refractivity contribution is -0.231. The molecule has 2 atom stereocenters. The van der Waals surface area contributed by atoms with Crippen LogP contribution in [0, 0.1) is 39.9 Å². The summed E-state index contributed by atoms with van der Waals surface area (Å²) in [6.07, 6.45) is -0.789. The van der Waals surface area contributed by atoms with Crippen molar-refractivity contribution in [3.63, 3.8) is 0 Å². The molecular formula is C42H51ClF3N7O4S. The van der Waals surface area contributed by atoms with Crippen molar-refractivity contribution in [2.24, 2.45) is 28.6 Å². The third-order valence-electron chi connectivity index (χ3n) is 12.7. The van der Waals surface area contributed by atoms with Crippen LogP contribution < -0.4 is 15.1 Å². The van der Waals surface area contributed by atoms with E-state index in [0.717, 1.165) is 31.6 Å². The zero-order valence-electron chi connectivity index (χ0n) is 33.3. The maximum atomic E-state index is 13.5. The number of halogens is 4. The number of hydrogen-bond acceptors (Lipinski definition) is 9. The van der Waals surface area contributed by atoms with Crippen molar-refractivity contribution in [1.29, 1.82) is 5.26 Å². The number of piperidine rings is 1. The first-order valence-corrected chi connectivity index (χ1v) is 21.8. The summed E-state index contributed by atoms with van der Waals surface area (Å²) in [6.45, 7) is 12.7. The van der Waals surface area contributed by atoms with E-state index in [-0.39, 0.29) is 72.7 Å². The Kier molecular flexibility index (Phi) is 11.8. The number of nitrogens with zero attached hydrogens (tertiary/aromatic N) is 6. The number of hydrogen-bond donors (Lipinski definition) is 1. The molecule has 1 saturated carbocycles. The Balaban J connectivity index is 0.967. The van der Waals surface area contributed by atoms with Crippen LogP contribution in [0.25, 0.3) is 0 Å². The van der Waals surface area contributed by atoms with Crippen molar-refractivity contribution >= 4 is 33.2 Å². The second-order valence-electron chi connectivity index (χ2n) is 17.5. The fraction of sp³-hybridized carbons (Fsp3) is 0.548. The molecule has 7 rings (SSSR count). The zero-order chi connectivity index (χ0) is 41.6. The Bertz CT molecular complexity index is 2100. The average molecular weight is 842 g/mol. The normalized spacial score (nSPS) is 25.6. The third kappa shape index (κ3) is 8.68. The summed E-state index contributed by atoms with van der Waals surface area (Å²) >= 11 is 6.36. The number of piperazine rings is 1. The number of amides is 1. The van der Waals surface area contributed by atoms with Crippen molar-refractivity contribution in [3.05, 3.63) is 88.7 Å². The monoisotopic (exact) mass is 841 g/mol. The summed E-state index contributed by atoms with van der Waals surface area (Å²) < 4.78 is 74.7. The smallest absolute Gasteiger partial charge is 0.417 e. The van der Waals surface area contributed by atoms with Gasteiger partial charge < -0.3 is 14.5 Å². The molecule has 1 amide bonds. The standard InChI is InChI=1S/C42H51ClF3N7O4S/c1-40(2)37(41(3,4)39(40)57-34-11-10-31(21-47)35(43)20-34)36-18-28(12-13-53(36)49-38(54)30-8-6-5-7-9-30)24-50-25-29(26-50)27-58(55,56)52-16-14-51(15-17-52)33-19-32(22-48-23-33)42(44,45)46/h5-11,19-20,22-23,28-29,36-37,39H,12-18,24-27H2,1-4H3,(H,49,54)/t28-,36-,37?,39?/m1/s1. The van der Waals surface area contributed by atoms with Gasteiger partial charge in [-0.05, 0) is 60.9 Å². The Morgan fingerprint density at radius 2 is 1.67 bits per heavy atom. The van der Waals surface area contributed by atoms with Crippen molar-refractivity contribution < 1.29 is 31.1 Å². The molecule has 2 aromatic carbocycles. The number of hydrazine groups is 1. The average Bonchev–Trinajstić information content (AvgIpc) is 3.17. The number of carbonyl (C=O) groups is 1. The van der Waals surface area contributed by atoms with E-state index in [2.05, 4.69) is 54.1 Å². The third-order valence-corrected chi connectivity index (χ3v) is 15.1. The summed E-state index contributed by atoms with van der Waals surface area (Å²) in [6, 6.07) is 17.5. The van der Waals surface area contributed by atoms with Gasteiger partial charge in [-0.2, -0.15) is 22.7 Å². The van der Waals surface area contributed by atoms with Gasteiger partial charge >= 0.3 is 6.18 Å². The Labute approximate surface area is 344 Å². The second-order valence-corrected chi connectivity index (χ2v) is 19.9. The van der Waals surface area contributed by atoms with E-state index < -0.39 is 21.8 Å².